The van der Waals surface area contributed by atoms with Crippen molar-refractivity contribution in [3.63, 3.8) is 0 Å². The van der Waals surface area contributed by atoms with Crippen LogP contribution in [0.25, 0.3) is 0 Å². The van der Waals surface area contributed by atoms with Crippen LogP contribution in [-0.2, 0) is 0 Å². The topological polar surface area (TPSA) is 35.2 Å². The second kappa shape index (κ2) is 6.29. The Balaban J connectivity index is 2.29. The lowest BCUT2D eigenvalue weighted by Crippen LogP contribution is -2.05. The highest BCUT2D eigenvalue weighted by molar-refractivity contribution is 9.10. The van der Waals surface area contributed by atoms with Gasteiger partial charge in [-0.25, -0.2) is 0 Å². The van der Waals surface area contributed by atoms with Crippen LogP contribution in [0.4, 0.5) is 0 Å². The Hall–Kier alpha value is -0.840. The third-order valence-electron chi connectivity index (χ3n) is 3.11. The van der Waals surface area contributed by atoms with E-state index in [-0.39, 0.29) is 6.04 Å². The molecule has 0 heterocycles. The molecule has 106 valence electrons. The number of hydrogen-bond acceptors (Lipinski definition) is 2. The highest BCUT2D eigenvalue weighted by atomic mass is 79.9. The van der Waals surface area contributed by atoms with Gasteiger partial charge in [-0.2, -0.15) is 0 Å². The second-order valence-electron chi connectivity index (χ2n) is 4.95. The first-order valence-electron chi connectivity index (χ1n) is 6.38. The number of aryl methyl sites for hydroxylation is 2. The average Bonchev–Trinajstić information content (AvgIpc) is 2.35. The van der Waals surface area contributed by atoms with Gasteiger partial charge in [0.2, 0.25) is 0 Å². The minimum Gasteiger partial charge on any atom is -0.457 e. The van der Waals surface area contributed by atoms with Gasteiger partial charge >= 0.3 is 0 Å². The molecule has 20 heavy (non-hydrogen) atoms. The van der Waals surface area contributed by atoms with Gasteiger partial charge in [0.15, 0.2) is 0 Å². The fourth-order valence-corrected chi connectivity index (χ4v) is 2.99. The van der Waals surface area contributed by atoms with Crippen LogP contribution in [0.15, 0.2) is 39.3 Å². The number of benzene rings is 2. The van der Waals surface area contributed by atoms with E-state index in [0.29, 0.717) is 0 Å². The molecule has 0 saturated heterocycles. The molecule has 2 nitrogen and oxygen atoms in total. The van der Waals surface area contributed by atoms with Gasteiger partial charge in [-0.05, 0) is 61.7 Å². The molecule has 0 aliphatic carbocycles. The summed E-state index contributed by atoms with van der Waals surface area (Å²) in [5.41, 5.74) is 9.28. The number of rotatable bonds is 3. The summed E-state index contributed by atoms with van der Waals surface area (Å²) in [5, 5.41) is 0. The third-order valence-corrected chi connectivity index (χ3v) is 5.05. The molecule has 0 saturated carbocycles. The standard InChI is InChI=1S/C16H17Br2NO/c1-9-6-13(7-10(2)16(9)18)20-12-4-5-14(11(3)19)15(17)8-12/h4-8,11H,19H2,1-3H3. The van der Waals surface area contributed by atoms with Crippen molar-refractivity contribution in [2.75, 3.05) is 0 Å². The zero-order valence-corrected chi connectivity index (χ0v) is 14.9. The maximum atomic E-state index is 5.92. The van der Waals surface area contributed by atoms with Crippen molar-refractivity contribution in [2.24, 2.45) is 5.73 Å². The molecule has 0 aliphatic rings. The van der Waals surface area contributed by atoms with Crippen LogP contribution in [0.3, 0.4) is 0 Å². The smallest absolute Gasteiger partial charge is 0.128 e. The number of hydrogen-bond donors (Lipinski definition) is 1. The minimum atomic E-state index is -0.00408. The first-order chi connectivity index (χ1) is 9.38. The summed E-state index contributed by atoms with van der Waals surface area (Å²) in [7, 11) is 0. The lowest BCUT2D eigenvalue weighted by molar-refractivity contribution is 0.481. The van der Waals surface area contributed by atoms with Crippen LogP contribution in [0.1, 0.15) is 29.7 Å². The van der Waals surface area contributed by atoms with Crippen LogP contribution in [0.5, 0.6) is 11.5 Å². The number of halogens is 2. The van der Waals surface area contributed by atoms with E-state index in [9.17, 15) is 0 Å². The molecule has 0 radical (unpaired) electrons. The minimum absolute atomic E-state index is 0.00408. The molecule has 0 bridgehead atoms. The van der Waals surface area contributed by atoms with Gasteiger partial charge in [0, 0.05) is 15.0 Å². The van der Waals surface area contributed by atoms with Gasteiger partial charge in [-0.15, -0.1) is 0 Å². The summed E-state index contributed by atoms with van der Waals surface area (Å²) in [6.07, 6.45) is 0. The number of ether oxygens (including phenoxy) is 1. The summed E-state index contributed by atoms with van der Waals surface area (Å²) in [4.78, 5) is 0. The summed E-state index contributed by atoms with van der Waals surface area (Å²) >= 11 is 7.09. The predicted molar refractivity (Wildman–Crippen MR) is 90.4 cm³/mol. The summed E-state index contributed by atoms with van der Waals surface area (Å²) < 4.78 is 8.01. The van der Waals surface area contributed by atoms with E-state index >= 15 is 0 Å². The molecule has 4 heteroatoms. The Morgan fingerprint density at radius 3 is 2.10 bits per heavy atom. The summed E-state index contributed by atoms with van der Waals surface area (Å²) in [5.74, 6) is 1.63. The van der Waals surface area contributed by atoms with Gasteiger partial charge in [0.05, 0.1) is 0 Å². The monoisotopic (exact) mass is 397 g/mol. The zero-order chi connectivity index (χ0) is 14.9. The van der Waals surface area contributed by atoms with E-state index < -0.39 is 0 Å². The molecule has 0 aliphatic heterocycles. The normalized spacial score (nSPS) is 12.3. The van der Waals surface area contributed by atoms with Crippen molar-refractivity contribution in [2.45, 2.75) is 26.8 Å². The molecular formula is C16H17Br2NO. The van der Waals surface area contributed by atoms with Crippen LogP contribution in [0, 0.1) is 13.8 Å². The van der Waals surface area contributed by atoms with Crippen LogP contribution in [-0.4, -0.2) is 0 Å². The molecule has 1 atom stereocenters. The van der Waals surface area contributed by atoms with E-state index in [1.807, 2.05) is 37.3 Å². The highest BCUT2D eigenvalue weighted by Gasteiger charge is 2.08. The molecule has 2 aromatic rings. The molecular weight excluding hydrogens is 382 g/mol. The van der Waals surface area contributed by atoms with Gasteiger partial charge < -0.3 is 10.5 Å². The van der Waals surface area contributed by atoms with Crippen molar-refractivity contribution in [1.29, 1.82) is 0 Å². The Kier molecular flexibility index (Phi) is 4.89. The predicted octanol–water partition coefficient (Wildman–Crippen LogP) is 5.64. The second-order valence-corrected chi connectivity index (χ2v) is 6.59. The van der Waals surface area contributed by atoms with Crippen LogP contribution in [0.2, 0.25) is 0 Å². The molecule has 2 N–H and O–H groups in total. The highest BCUT2D eigenvalue weighted by Crippen LogP contribution is 2.32. The van der Waals surface area contributed by atoms with E-state index in [1.54, 1.807) is 0 Å². The third kappa shape index (κ3) is 3.43. The van der Waals surface area contributed by atoms with Crippen molar-refractivity contribution >= 4 is 31.9 Å². The molecule has 0 fully saturated rings. The Morgan fingerprint density at radius 1 is 1.00 bits per heavy atom. The SMILES string of the molecule is Cc1cc(Oc2ccc(C(C)N)c(Br)c2)cc(C)c1Br. The molecule has 0 amide bonds. The maximum Gasteiger partial charge on any atom is 0.128 e. The summed E-state index contributed by atoms with van der Waals surface area (Å²) in [6, 6.07) is 9.91. The van der Waals surface area contributed by atoms with Crippen molar-refractivity contribution < 1.29 is 4.74 Å². The fraction of sp³-hybridized carbons (Fsp3) is 0.250. The quantitative estimate of drug-likeness (QED) is 0.725. The van der Waals surface area contributed by atoms with Gasteiger partial charge in [0.25, 0.3) is 0 Å². The van der Waals surface area contributed by atoms with E-state index in [4.69, 9.17) is 10.5 Å². The van der Waals surface area contributed by atoms with E-state index in [0.717, 1.165) is 37.1 Å². The Morgan fingerprint density at radius 2 is 1.60 bits per heavy atom. The Labute approximate surface area is 136 Å². The molecule has 1 unspecified atom stereocenters. The maximum absolute atomic E-state index is 5.92. The fourth-order valence-electron chi connectivity index (χ4n) is 2.04. The molecule has 0 spiro atoms. The summed E-state index contributed by atoms with van der Waals surface area (Å²) in [6.45, 7) is 6.07. The lowest BCUT2D eigenvalue weighted by atomic mass is 10.1. The van der Waals surface area contributed by atoms with Crippen molar-refractivity contribution in [1.82, 2.24) is 0 Å². The van der Waals surface area contributed by atoms with E-state index in [2.05, 4.69) is 45.7 Å². The van der Waals surface area contributed by atoms with E-state index in [1.165, 1.54) is 0 Å². The van der Waals surface area contributed by atoms with Gasteiger partial charge in [0.1, 0.15) is 11.5 Å². The molecule has 2 rings (SSSR count). The largest absolute Gasteiger partial charge is 0.457 e. The van der Waals surface area contributed by atoms with Gasteiger partial charge in [-0.3, -0.25) is 0 Å². The first kappa shape index (κ1) is 15.5. The number of nitrogens with two attached hydrogens (primary N) is 1. The molecule has 0 aromatic heterocycles. The van der Waals surface area contributed by atoms with Crippen molar-refractivity contribution in [3.05, 3.63) is 56.0 Å². The average molecular weight is 399 g/mol. The van der Waals surface area contributed by atoms with Crippen LogP contribution < -0.4 is 10.5 Å². The lowest BCUT2D eigenvalue weighted by Gasteiger charge is -2.13. The van der Waals surface area contributed by atoms with Crippen LogP contribution >= 0.6 is 31.9 Å². The zero-order valence-electron chi connectivity index (χ0n) is 11.7. The first-order valence-corrected chi connectivity index (χ1v) is 7.96. The van der Waals surface area contributed by atoms with Crippen molar-refractivity contribution in [3.8, 4) is 11.5 Å². The Bertz CT molecular complexity index is 615. The van der Waals surface area contributed by atoms with Gasteiger partial charge in [-0.1, -0.05) is 37.9 Å². The molecule has 2 aromatic carbocycles.